The molecule has 2 rings (SSSR count). The number of rotatable bonds is 1. The average Bonchev–Trinajstić information content (AvgIpc) is 2.47. The number of phenolic OH excluding ortho intramolecular Hbond substituents is 1. The summed E-state index contributed by atoms with van der Waals surface area (Å²) >= 11 is 4.55. The van der Waals surface area contributed by atoms with E-state index in [-0.39, 0.29) is 10.8 Å². The summed E-state index contributed by atoms with van der Waals surface area (Å²) in [6.07, 6.45) is 0. The topological polar surface area (TPSA) is 40.5 Å². The van der Waals surface area contributed by atoms with Crippen molar-refractivity contribution in [1.29, 1.82) is 0 Å². The number of thiophene rings is 1. The SMILES string of the molecule is Oc1cc2c(O)c(CBr)ccc2s1. The van der Waals surface area contributed by atoms with Gasteiger partial charge < -0.3 is 10.2 Å². The molecular formula is C9H7BrO2S. The van der Waals surface area contributed by atoms with Crippen molar-refractivity contribution in [2.75, 3.05) is 0 Å². The maximum absolute atomic E-state index is 9.73. The number of hydrogen-bond acceptors (Lipinski definition) is 3. The van der Waals surface area contributed by atoms with Gasteiger partial charge in [0.2, 0.25) is 0 Å². The van der Waals surface area contributed by atoms with Crippen molar-refractivity contribution in [3.05, 3.63) is 23.8 Å². The first-order valence-electron chi connectivity index (χ1n) is 3.71. The Labute approximate surface area is 87.6 Å². The third kappa shape index (κ3) is 1.40. The predicted octanol–water partition coefficient (Wildman–Crippen LogP) is 3.21. The smallest absolute Gasteiger partial charge is 0.172 e. The molecule has 1 aromatic heterocycles. The fourth-order valence-electron chi connectivity index (χ4n) is 1.24. The monoisotopic (exact) mass is 258 g/mol. The van der Waals surface area contributed by atoms with Crippen LogP contribution < -0.4 is 0 Å². The molecule has 0 atom stereocenters. The van der Waals surface area contributed by atoms with E-state index in [4.69, 9.17) is 0 Å². The van der Waals surface area contributed by atoms with Gasteiger partial charge in [-0.05, 0) is 6.07 Å². The first-order valence-corrected chi connectivity index (χ1v) is 5.65. The van der Waals surface area contributed by atoms with Crippen LogP contribution in [0.4, 0.5) is 0 Å². The Balaban J connectivity index is 2.78. The second-order valence-electron chi connectivity index (χ2n) is 2.70. The highest BCUT2D eigenvalue weighted by Crippen LogP contribution is 2.38. The lowest BCUT2D eigenvalue weighted by Gasteiger charge is -2.00. The van der Waals surface area contributed by atoms with Gasteiger partial charge in [-0.2, -0.15) is 0 Å². The van der Waals surface area contributed by atoms with E-state index in [0.29, 0.717) is 5.33 Å². The highest BCUT2D eigenvalue weighted by atomic mass is 79.9. The van der Waals surface area contributed by atoms with Crippen LogP contribution in [-0.4, -0.2) is 10.2 Å². The first-order chi connectivity index (χ1) is 6.22. The lowest BCUT2D eigenvalue weighted by molar-refractivity contribution is 0.475. The van der Waals surface area contributed by atoms with Crippen LogP contribution >= 0.6 is 27.3 Å². The summed E-state index contributed by atoms with van der Waals surface area (Å²) in [7, 11) is 0. The highest BCUT2D eigenvalue weighted by Gasteiger charge is 2.08. The van der Waals surface area contributed by atoms with Crippen LogP contribution in [0.1, 0.15) is 5.56 Å². The zero-order valence-electron chi connectivity index (χ0n) is 6.62. The van der Waals surface area contributed by atoms with Gasteiger partial charge in [-0.15, -0.1) is 0 Å². The second-order valence-corrected chi connectivity index (χ2v) is 4.33. The van der Waals surface area contributed by atoms with Crippen molar-refractivity contribution in [2.45, 2.75) is 5.33 Å². The molecule has 1 heterocycles. The molecule has 0 aliphatic rings. The normalized spacial score (nSPS) is 10.8. The van der Waals surface area contributed by atoms with Crippen molar-refractivity contribution in [3.8, 4) is 10.8 Å². The molecule has 13 heavy (non-hydrogen) atoms. The van der Waals surface area contributed by atoms with Gasteiger partial charge in [0.05, 0.1) is 0 Å². The van der Waals surface area contributed by atoms with E-state index in [2.05, 4.69) is 15.9 Å². The molecule has 0 aliphatic carbocycles. The maximum Gasteiger partial charge on any atom is 0.172 e. The van der Waals surface area contributed by atoms with E-state index < -0.39 is 0 Å². The van der Waals surface area contributed by atoms with Gasteiger partial charge in [0.1, 0.15) is 5.75 Å². The van der Waals surface area contributed by atoms with Crippen LogP contribution in [0.2, 0.25) is 0 Å². The summed E-state index contributed by atoms with van der Waals surface area (Å²) in [4.78, 5) is 0. The molecule has 2 N–H and O–H groups in total. The van der Waals surface area contributed by atoms with Crippen LogP contribution in [0.15, 0.2) is 18.2 Å². The number of benzene rings is 1. The number of hydrogen-bond donors (Lipinski definition) is 2. The molecule has 4 heteroatoms. The summed E-state index contributed by atoms with van der Waals surface area (Å²) in [5, 5.41) is 20.5. The molecule has 68 valence electrons. The Morgan fingerprint density at radius 2 is 2.08 bits per heavy atom. The quantitative estimate of drug-likeness (QED) is 0.772. The van der Waals surface area contributed by atoms with E-state index in [9.17, 15) is 10.2 Å². The maximum atomic E-state index is 9.73. The number of phenols is 1. The van der Waals surface area contributed by atoms with Crippen molar-refractivity contribution in [1.82, 2.24) is 0 Å². The van der Waals surface area contributed by atoms with E-state index in [1.165, 1.54) is 11.3 Å². The van der Waals surface area contributed by atoms with E-state index >= 15 is 0 Å². The average molecular weight is 259 g/mol. The Morgan fingerprint density at radius 1 is 1.31 bits per heavy atom. The lowest BCUT2D eigenvalue weighted by atomic mass is 10.1. The van der Waals surface area contributed by atoms with Crippen LogP contribution in [0.5, 0.6) is 10.8 Å². The number of halogens is 1. The molecule has 2 nitrogen and oxygen atoms in total. The minimum absolute atomic E-state index is 0.233. The Bertz CT molecular complexity index is 450. The van der Waals surface area contributed by atoms with Gasteiger partial charge in [0, 0.05) is 27.0 Å². The molecule has 0 radical (unpaired) electrons. The molecule has 0 bridgehead atoms. The Hall–Kier alpha value is -0.740. The molecule has 2 aromatic rings. The van der Waals surface area contributed by atoms with Gasteiger partial charge in [-0.25, -0.2) is 0 Å². The van der Waals surface area contributed by atoms with Gasteiger partial charge in [0.15, 0.2) is 5.06 Å². The van der Waals surface area contributed by atoms with Crippen molar-refractivity contribution >= 4 is 37.4 Å². The molecule has 0 fully saturated rings. The summed E-state index contributed by atoms with van der Waals surface area (Å²) in [5.74, 6) is 0.255. The lowest BCUT2D eigenvalue weighted by Crippen LogP contribution is -1.77. The van der Waals surface area contributed by atoms with Crippen LogP contribution in [0.3, 0.4) is 0 Å². The van der Waals surface area contributed by atoms with Crippen LogP contribution in [-0.2, 0) is 5.33 Å². The Kier molecular flexibility index (Phi) is 2.17. The van der Waals surface area contributed by atoms with E-state index in [0.717, 1.165) is 15.6 Å². The summed E-state index contributed by atoms with van der Waals surface area (Å²) in [6, 6.07) is 5.33. The third-order valence-electron chi connectivity index (χ3n) is 1.89. The molecule has 0 saturated carbocycles. The van der Waals surface area contributed by atoms with Gasteiger partial charge in [-0.3, -0.25) is 0 Å². The number of aromatic hydroxyl groups is 2. The molecular weight excluding hydrogens is 252 g/mol. The Morgan fingerprint density at radius 3 is 2.77 bits per heavy atom. The zero-order chi connectivity index (χ0) is 9.42. The predicted molar refractivity (Wildman–Crippen MR) is 57.8 cm³/mol. The standard InChI is InChI=1S/C9H7BrO2S/c10-4-5-1-2-7-6(9(5)12)3-8(11)13-7/h1-3,11-12H,4H2. The summed E-state index contributed by atoms with van der Waals surface area (Å²) < 4.78 is 0.903. The summed E-state index contributed by atoms with van der Waals surface area (Å²) in [6.45, 7) is 0. The molecule has 0 saturated heterocycles. The fraction of sp³-hybridized carbons (Fsp3) is 0.111. The zero-order valence-corrected chi connectivity index (χ0v) is 9.02. The first kappa shape index (κ1) is 8.84. The second kappa shape index (κ2) is 3.20. The molecule has 0 aliphatic heterocycles. The van der Waals surface area contributed by atoms with Crippen molar-refractivity contribution in [2.24, 2.45) is 0 Å². The number of alkyl halides is 1. The third-order valence-corrected chi connectivity index (χ3v) is 3.39. The number of fused-ring (bicyclic) bond motifs is 1. The molecule has 1 aromatic carbocycles. The van der Waals surface area contributed by atoms with Crippen LogP contribution in [0, 0.1) is 0 Å². The fourth-order valence-corrected chi connectivity index (χ4v) is 2.49. The minimum atomic E-state index is 0.233. The summed E-state index contributed by atoms with van der Waals surface area (Å²) in [5.41, 5.74) is 0.838. The molecule has 0 spiro atoms. The van der Waals surface area contributed by atoms with Crippen LogP contribution in [0.25, 0.3) is 10.1 Å². The van der Waals surface area contributed by atoms with Gasteiger partial charge in [-0.1, -0.05) is 33.3 Å². The molecule has 0 unspecified atom stereocenters. The van der Waals surface area contributed by atoms with Gasteiger partial charge >= 0.3 is 0 Å². The van der Waals surface area contributed by atoms with E-state index in [1.807, 2.05) is 12.1 Å². The van der Waals surface area contributed by atoms with Gasteiger partial charge in [0.25, 0.3) is 0 Å². The van der Waals surface area contributed by atoms with E-state index in [1.54, 1.807) is 6.07 Å². The largest absolute Gasteiger partial charge is 0.507 e. The molecule has 0 amide bonds. The van der Waals surface area contributed by atoms with Crippen molar-refractivity contribution in [3.63, 3.8) is 0 Å². The highest BCUT2D eigenvalue weighted by molar-refractivity contribution is 9.08. The minimum Gasteiger partial charge on any atom is -0.507 e. The van der Waals surface area contributed by atoms with Crippen molar-refractivity contribution < 1.29 is 10.2 Å².